The quantitative estimate of drug-likeness (QED) is 0.437. The van der Waals surface area contributed by atoms with Gasteiger partial charge in [0.15, 0.2) is 0 Å². The van der Waals surface area contributed by atoms with Gasteiger partial charge in [-0.2, -0.15) is 0 Å². The van der Waals surface area contributed by atoms with Crippen molar-refractivity contribution in [2.45, 2.75) is 12.2 Å². The first kappa shape index (κ1) is 8.56. The topological polar surface area (TPSA) is 52.6 Å². The fraction of sp³-hybridized carbons (Fsp3) is 0.500. The monoisotopic (exact) mass is 218 g/mol. The fourth-order valence-electron chi connectivity index (χ4n) is 3.43. The Morgan fingerprint density at radius 1 is 0.750 bits per heavy atom. The number of rotatable bonds is 0. The van der Waals surface area contributed by atoms with Crippen molar-refractivity contribution < 1.29 is 19.1 Å². The van der Waals surface area contributed by atoms with Crippen molar-refractivity contribution in [1.82, 2.24) is 0 Å². The van der Waals surface area contributed by atoms with Gasteiger partial charge in [0.25, 0.3) is 0 Å². The molecule has 16 heavy (non-hydrogen) atoms. The molecule has 0 bridgehead atoms. The fourth-order valence-corrected chi connectivity index (χ4v) is 3.43. The van der Waals surface area contributed by atoms with E-state index in [-0.39, 0.29) is 47.8 Å². The molecule has 2 unspecified atom stereocenters. The molecule has 0 radical (unpaired) electrons. The van der Waals surface area contributed by atoms with Crippen LogP contribution < -0.4 is 0 Å². The van der Waals surface area contributed by atoms with E-state index in [1.807, 2.05) is 12.2 Å². The SMILES string of the molecule is O=C1O[C@H]2C=C[C@H]3OC(=O)[C@H]4C=C[C@H]1C4C23. The normalized spacial score (nSPS) is 51.2. The van der Waals surface area contributed by atoms with Gasteiger partial charge in [-0.05, 0) is 12.2 Å². The Morgan fingerprint density at radius 2 is 1.25 bits per heavy atom. The van der Waals surface area contributed by atoms with Crippen LogP contribution >= 0.6 is 0 Å². The van der Waals surface area contributed by atoms with Gasteiger partial charge in [-0.25, -0.2) is 0 Å². The van der Waals surface area contributed by atoms with Crippen LogP contribution in [-0.4, -0.2) is 24.1 Å². The summed E-state index contributed by atoms with van der Waals surface area (Å²) in [6.45, 7) is 0. The first-order valence-electron chi connectivity index (χ1n) is 5.53. The summed E-state index contributed by atoms with van der Waals surface area (Å²) >= 11 is 0. The summed E-state index contributed by atoms with van der Waals surface area (Å²) < 4.78 is 10.7. The maximum absolute atomic E-state index is 11.7. The lowest BCUT2D eigenvalue weighted by atomic mass is 9.71. The third-order valence-corrected chi connectivity index (χ3v) is 4.10. The number of ether oxygens (including phenoxy) is 2. The van der Waals surface area contributed by atoms with Crippen LogP contribution in [0.4, 0.5) is 0 Å². The molecule has 2 aliphatic heterocycles. The Hall–Kier alpha value is -1.58. The van der Waals surface area contributed by atoms with Crippen molar-refractivity contribution in [3.05, 3.63) is 24.3 Å². The largest absolute Gasteiger partial charge is 0.457 e. The summed E-state index contributed by atoms with van der Waals surface area (Å²) in [4.78, 5) is 23.5. The molecule has 0 aromatic heterocycles. The maximum Gasteiger partial charge on any atom is 0.313 e. The van der Waals surface area contributed by atoms with Crippen molar-refractivity contribution in [2.75, 3.05) is 0 Å². The third kappa shape index (κ3) is 0.821. The smallest absolute Gasteiger partial charge is 0.313 e. The Morgan fingerprint density at radius 3 is 1.75 bits per heavy atom. The second kappa shape index (κ2) is 2.56. The number of carbonyl (C=O) groups is 2. The lowest BCUT2D eigenvalue weighted by Crippen LogP contribution is -2.52. The predicted octanol–water partition coefficient (Wildman–Crippen LogP) is 0.442. The van der Waals surface area contributed by atoms with Crippen molar-refractivity contribution >= 4 is 11.9 Å². The highest BCUT2D eigenvalue weighted by Gasteiger charge is 2.59. The minimum Gasteiger partial charge on any atom is -0.457 e. The van der Waals surface area contributed by atoms with E-state index in [2.05, 4.69) is 0 Å². The molecule has 0 amide bonds. The standard InChI is InChI=1S/C12H10O4/c13-11-5-1-2-6-9(5)10-7(15-11)3-4-8(10)16-12(6)14/h1-10H/t5-,6-,7-,8+,9?,10?/m0/s1. The van der Waals surface area contributed by atoms with Crippen LogP contribution in [0.1, 0.15) is 0 Å². The average molecular weight is 218 g/mol. The van der Waals surface area contributed by atoms with Crippen molar-refractivity contribution in [1.29, 1.82) is 0 Å². The molecule has 0 aromatic rings. The lowest BCUT2D eigenvalue weighted by molar-refractivity contribution is -0.187. The molecular formula is C12H10O4. The van der Waals surface area contributed by atoms with E-state index < -0.39 is 0 Å². The molecule has 4 nitrogen and oxygen atoms in total. The highest BCUT2D eigenvalue weighted by molar-refractivity contribution is 5.84. The van der Waals surface area contributed by atoms with Crippen LogP contribution in [0.5, 0.6) is 0 Å². The highest BCUT2D eigenvalue weighted by Crippen LogP contribution is 2.50. The van der Waals surface area contributed by atoms with Crippen LogP contribution in [0.3, 0.4) is 0 Å². The van der Waals surface area contributed by atoms with Crippen LogP contribution in [-0.2, 0) is 19.1 Å². The highest BCUT2D eigenvalue weighted by atomic mass is 16.6. The summed E-state index contributed by atoms with van der Waals surface area (Å²) in [5, 5.41) is 0. The minimum atomic E-state index is -0.249. The molecular weight excluding hydrogens is 208 g/mol. The molecule has 4 rings (SSSR count). The first-order chi connectivity index (χ1) is 7.75. The Bertz CT molecular complexity index is 412. The lowest BCUT2D eigenvalue weighted by Gasteiger charge is -2.42. The Kier molecular flexibility index (Phi) is 1.37. The van der Waals surface area contributed by atoms with Gasteiger partial charge < -0.3 is 9.47 Å². The zero-order valence-corrected chi connectivity index (χ0v) is 8.41. The summed E-state index contributed by atoms with van der Waals surface area (Å²) in [5.41, 5.74) is 0. The predicted molar refractivity (Wildman–Crippen MR) is 52.0 cm³/mol. The van der Waals surface area contributed by atoms with E-state index in [1.165, 1.54) is 0 Å². The van der Waals surface area contributed by atoms with Gasteiger partial charge in [-0.1, -0.05) is 12.2 Å². The molecule has 2 heterocycles. The summed E-state index contributed by atoms with van der Waals surface area (Å²) in [6.07, 6.45) is 6.89. The van der Waals surface area contributed by atoms with Gasteiger partial charge in [-0.15, -0.1) is 0 Å². The van der Waals surface area contributed by atoms with E-state index in [4.69, 9.17) is 9.47 Å². The summed E-state index contributed by atoms with van der Waals surface area (Å²) in [7, 11) is 0. The second-order valence-electron chi connectivity index (χ2n) is 4.78. The molecule has 0 N–H and O–H groups in total. The Labute approximate surface area is 91.9 Å². The van der Waals surface area contributed by atoms with Crippen molar-refractivity contribution in [3.63, 3.8) is 0 Å². The second-order valence-corrected chi connectivity index (χ2v) is 4.78. The molecule has 2 aliphatic carbocycles. The number of hydrogen-bond acceptors (Lipinski definition) is 4. The van der Waals surface area contributed by atoms with Gasteiger partial charge in [0.2, 0.25) is 0 Å². The van der Waals surface area contributed by atoms with Crippen LogP contribution in [0.25, 0.3) is 0 Å². The molecule has 0 aromatic carbocycles. The number of carbonyl (C=O) groups excluding carboxylic acids is 2. The van der Waals surface area contributed by atoms with E-state index in [1.54, 1.807) is 12.2 Å². The molecule has 82 valence electrons. The summed E-state index contributed by atoms with van der Waals surface area (Å²) in [6, 6.07) is 0. The van der Waals surface area contributed by atoms with Gasteiger partial charge in [-0.3, -0.25) is 9.59 Å². The molecule has 0 saturated carbocycles. The van der Waals surface area contributed by atoms with Crippen LogP contribution in [0.15, 0.2) is 24.3 Å². The van der Waals surface area contributed by atoms with Gasteiger partial charge in [0, 0.05) is 11.8 Å². The first-order valence-corrected chi connectivity index (χ1v) is 5.53. The van der Waals surface area contributed by atoms with E-state index in [9.17, 15) is 9.59 Å². The van der Waals surface area contributed by atoms with E-state index in [0.717, 1.165) is 0 Å². The van der Waals surface area contributed by atoms with Crippen LogP contribution in [0.2, 0.25) is 0 Å². The van der Waals surface area contributed by atoms with E-state index in [0.29, 0.717) is 0 Å². The molecule has 0 spiro atoms. The zero-order valence-electron chi connectivity index (χ0n) is 8.41. The van der Waals surface area contributed by atoms with Crippen molar-refractivity contribution in [2.24, 2.45) is 23.7 Å². The third-order valence-electron chi connectivity index (χ3n) is 4.10. The minimum absolute atomic E-state index is 0.0486. The zero-order chi connectivity index (χ0) is 10.9. The molecule has 4 heteroatoms. The molecule has 4 aliphatic rings. The van der Waals surface area contributed by atoms with Crippen molar-refractivity contribution in [3.8, 4) is 0 Å². The Balaban J connectivity index is 1.83. The van der Waals surface area contributed by atoms with Gasteiger partial charge >= 0.3 is 11.9 Å². The van der Waals surface area contributed by atoms with E-state index >= 15 is 0 Å². The number of esters is 2. The average Bonchev–Trinajstić information content (AvgIpc) is 2.81. The summed E-state index contributed by atoms with van der Waals surface area (Å²) in [5.74, 6) is -0.731. The van der Waals surface area contributed by atoms with Gasteiger partial charge in [0.05, 0.1) is 11.8 Å². The van der Waals surface area contributed by atoms with Crippen LogP contribution in [0, 0.1) is 23.7 Å². The maximum atomic E-state index is 11.7. The number of hydrogen-bond donors (Lipinski definition) is 0. The molecule has 6 atom stereocenters. The van der Waals surface area contributed by atoms with Gasteiger partial charge in [0.1, 0.15) is 12.2 Å². The molecule has 2 fully saturated rings. The molecule has 2 saturated heterocycles.